The van der Waals surface area contributed by atoms with Crippen LogP contribution < -0.4 is 10.9 Å². The first-order valence-electron chi connectivity index (χ1n) is 13.6. The summed E-state index contributed by atoms with van der Waals surface area (Å²) in [6.45, 7) is 11.4. The van der Waals surface area contributed by atoms with Crippen molar-refractivity contribution in [2.75, 3.05) is 13.1 Å². The van der Waals surface area contributed by atoms with Crippen molar-refractivity contribution in [1.29, 1.82) is 0 Å². The Labute approximate surface area is 237 Å². The van der Waals surface area contributed by atoms with Gasteiger partial charge >= 0.3 is 6.09 Å². The zero-order valence-electron chi connectivity index (χ0n) is 24.3. The number of carbonyl (C=O) groups excluding carboxylic acids is 2. The zero-order valence-corrected chi connectivity index (χ0v) is 24.3. The standard InChI is InChI=1S/C29H36N6O6/c1-7-22(24-31-25-23(19(3)32-41-25)27(37)35(24)17-20-12-9-8-10-13-20)34(26(36)21-16-18(2)40-33-21)15-11-14-30-28(38)39-29(4,5)6/h8-10,12-13,16,22H,7,11,14-15,17H2,1-6H3,(H,30,38). The van der Waals surface area contributed by atoms with Gasteiger partial charge in [0.2, 0.25) is 0 Å². The summed E-state index contributed by atoms with van der Waals surface area (Å²) < 4.78 is 17.5. The highest BCUT2D eigenvalue weighted by molar-refractivity contribution is 5.92. The van der Waals surface area contributed by atoms with E-state index in [0.29, 0.717) is 35.5 Å². The van der Waals surface area contributed by atoms with Crippen LogP contribution in [0.4, 0.5) is 4.79 Å². The first-order chi connectivity index (χ1) is 19.5. The maximum Gasteiger partial charge on any atom is 0.407 e. The van der Waals surface area contributed by atoms with Gasteiger partial charge in [0.1, 0.15) is 22.6 Å². The molecule has 1 N–H and O–H groups in total. The van der Waals surface area contributed by atoms with Gasteiger partial charge < -0.3 is 24.0 Å². The summed E-state index contributed by atoms with van der Waals surface area (Å²) in [6, 6.07) is 10.5. The van der Waals surface area contributed by atoms with Crippen molar-refractivity contribution in [3.63, 3.8) is 0 Å². The molecule has 0 aliphatic rings. The van der Waals surface area contributed by atoms with E-state index in [9.17, 15) is 14.4 Å². The van der Waals surface area contributed by atoms with Crippen LogP contribution >= 0.6 is 0 Å². The molecule has 0 aliphatic heterocycles. The molecule has 218 valence electrons. The number of benzene rings is 1. The van der Waals surface area contributed by atoms with E-state index in [0.717, 1.165) is 5.56 Å². The van der Waals surface area contributed by atoms with E-state index in [-0.39, 0.29) is 42.5 Å². The zero-order chi connectivity index (χ0) is 29.7. The lowest BCUT2D eigenvalue weighted by Crippen LogP contribution is -2.41. The minimum absolute atomic E-state index is 0.113. The van der Waals surface area contributed by atoms with Crippen LogP contribution in [0.2, 0.25) is 0 Å². The second kappa shape index (κ2) is 12.4. The van der Waals surface area contributed by atoms with Crippen LogP contribution in [0, 0.1) is 13.8 Å². The van der Waals surface area contributed by atoms with E-state index in [4.69, 9.17) is 18.8 Å². The third-order valence-electron chi connectivity index (χ3n) is 6.39. The molecule has 0 saturated carbocycles. The predicted molar refractivity (Wildman–Crippen MR) is 151 cm³/mol. The van der Waals surface area contributed by atoms with E-state index < -0.39 is 17.7 Å². The maximum atomic E-state index is 13.8. The van der Waals surface area contributed by atoms with Gasteiger partial charge in [0, 0.05) is 19.2 Å². The second-order valence-electron chi connectivity index (χ2n) is 10.8. The Morgan fingerprint density at radius 2 is 1.85 bits per heavy atom. The van der Waals surface area contributed by atoms with Gasteiger partial charge in [0.25, 0.3) is 17.2 Å². The Morgan fingerprint density at radius 1 is 1.12 bits per heavy atom. The Hall–Kier alpha value is -4.48. The fourth-order valence-corrected chi connectivity index (χ4v) is 4.57. The van der Waals surface area contributed by atoms with Gasteiger partial charge in [-0.25, -0.2) is 4.79 Å². The number of ether oxygens (including phenoxy) is 1. The SMILES string of the molecule is CCC(c1nc2onc(C)c2c(=O)n1Cc1ccccc1)N(CCCNC(=O)OC(C)(C)C)C(=O)c1cc(C)on1. The van der Waals surface area contributed by atoms with E-state index in [2.05, 4.69) is 15.6 Å². The molecule has 0 spiro atoms. The summed E-state index contributed by atoms with van der Waals surface area (Å²) in [6.07, 6.45) is 0.298. The van der Waals surface area contributed by atoms with Gasteiger partial charge in [-0.2, -0.15) is 4.98 Å². The number of rotatable bonds is 10. The summed E-state index contributed by atoms with van der Waals surface area (Å²) in [5.41, 5.74) is 0.653. The Bertz CT molecular complexity index is 1570. The molecule has 3 heterocycles. The largest absolute Gasteiger partial charge is 0.444 e. The first-order valence-corrected chi connectivity index (χ1v) is 13.6. The van der Waals surface area contributed by atoms with E-state index in [1.165, 1.54) is 0 Å². The quantitative estimate of drug-likeness (QED) is 0.274. The fraction of sp³-hybridized carbons (Fsp3) is 0.448. The second-order valence-corrected chi connectivity index (χ2v) is 10.8. The Morgan fingerprint density at radius 3 is 2.49 bits per heavy atom. The molecule has 3 aromatic heterocycles. The van der Waals surface area contributed by atoms with Crippen molar-refractivity contribution in [3.05, 3.63) is 75.3 Å². The monoisotopic (exact) mass is 564 g/mol. The average molecular weight is 565 g/mol. The van der Waals surface area contributed by atoms with Gasteiger partial charge in [-0.05, 0) is 53.0 Å². The van der Waals surface area contributed by atoms with Gasteiger partial charge in [0.15, 0.2) is 5.69 Å². The number of hydrogen-bond acceptors (Lipinski definition) is 9. The van der Waals surface area contributed by atoms with Gasteiger partial charge in [0.05, 0.1) is 18.3 Å². The Balaban J connectivity index is 1.72. The highest BCUT2D eigenvalue weighted by Gasteiger charge is 2.31. The number of nitrogens with zero attached hydrogens (tertiary/aromatic N) is 5. The smallest absolute Gasteiger partial charge is 0.407 e. The molecule has 12 nitrogen and oxygen atoms in total. The van der Waals surface area contributed by atoms with Crippen LogP contribution in [0.3, 0.4) is 0 Å². The molecular formula is C29H36N6O6. The number of aromatic nitrogens is 4. The third kappa shape index (κ3) is 7.00. The summed E-state index contributed by atoms with van der Waals surface area (Å²) in [4.78, 5) is 46.1. The molecule has 12 heteroatoms. The topological polar surface area (TPSA) is 146 Å². The molecule has 1 unspecified atom stereocenters. The average Bonchev–Trinajstić information content (AvgIpc) is 3.52. The molecule has 0 saturated heterocycles. The van der Waals surface area contributed by atoms with Gasteiger partial charge in [-0.1, -0.05) is 47.6 Å². The van der Waals surface area contributed by atoms with Crippen LogP contribution in [0.15, 0.2) is 50.2 Å². The molecule has 4 aromatic rings. The molecule has 4 rings (SSSR count). The number of carbonyl (C=O) groups is 2. The molecule has 0 fully saturated rings. The lowest BCUT2D eigenvalue weighted by molar-refractivity contribution is 0.0523. The number of alkyl carbamates (subject to hydrolysis) is 1. The van der Waals surface area contributed by atoms with Crippen LogP contribution in [-0.4, -0.2) is 55.5 Å². The van der Waals surface area contributed by atoms with E-state index in [1.807, 2.05) is 37.3 Å². The number of nitrogens with one attached hydrogen (secondary N) is 1. The number of hydrogen-bond donors (Lipinski definition) is 1. The summed E-state index contributed by atoms with van der Waals surface area (Å²) in [5, 5.41) is 10.9. The van der Waals surface area contributed by atoms with Crippen LogP contribution in [-0.2, 0) is 11.3 Å². The molecule has 1 aromatic carbocycles. The summed E-state index contributed by atoms with van der Waals surface area (Å²) in [7, 11) is 0. The number of amides is 2. The molecule has 0 aliphatic carbocycles. The minimum Gasteiger partial charge on any atom is -0.444 e. The van der Waals surface area contributed by atoms with Crippen molar-refractivity contribution < 1.29 is 23.4 Å². The summed E-state index contributed by atoms with van der Waals surface area (Å²) >= 11 is 0. The van der Waals surface area contributed by atoms with Crippen molar-refractivity contribution in [3.8, 4) is 0 Å². The predicted octanol–water partition coefficient (Wildman–Crippen LogP) is 4.55. The van der Waals surface area contributed by atoms with Gasteiger partial charge in [-0.3, -0.25) is 14.2 Å². The maximum absolute atomic E-state index is 13.8. The molecular weight excluding hydrogens is 528 g/mol. The normalized spacial score (nSPS) is 12.3. The molecule has 0 radical (unpaired) electrons. The lowest BCUT2D eigenvalue weighted by atomic mass is 10.1. The molecule has 41 heavy (non-hydrogen) atoms. The van der Waals surface area contributed by atoms with E-state index in [1.54, 1.807) is 50.2 Å². The molecule has 1 atom stereocenters. The van der Waals surface area contributed by atoms with Crippen molar-refractivity contribution in [2.45, 2.75) is 72.6 Å². The van der Waals surface area contributed by atoms with E-state index >= 15 is 0 Å². The minimum atomic E-state index is -0.632. The number of aryl methyl sites for hydroxylation is 2. The summed E-state index contributed by atoms with van der Waals surface area (Å²) in [5.74, 6) is 0.463. The lowest BCUT2D eigenvalue weighted by Gasteiger charge is -2.31. The Kier molecular flexibility index (Phi) is 8.89. The van der Waals surface area contributed by atoms with Crippen molar-refractivity contribution in [1.82, 2.24) is 30.1 Å². The fourth-order valence-electron chi connectivity index (χ4n) is 4.57. The van der Waals surface area contributed by atoms with Crippen LogP contribution in [0.25, 0.3) is 11.1 Å². The van der Waals surface area contributed by atoms with Crippen LogP contribution in [0.1, 0.15) is 79.9 Å². The van der Waals surface area contributed by atoms with Crippen LogP contribution in [0.5, 0.6) is 0 Å². The number of fused-ring (bicyclic) bond motifs is 1. The first kappa shape index (κ1) is 29.5. The highest BCUT2D eigenvalue weighted by atomic mass is 16.6. The van der Waals surface area contributed by atoms with Crippen molar-refractivity contribution >= 4 is 23.1 Å². The molecule has 0 bridgehead atoms. The molecule has 2 amide bonds. The highest BCUT2D eigenvalue weighted by Crippen LogP contribution is 2.27. The third-order valence-corrected chi connectivity index (χ3v) is 6.39. The van der Waals surface area contributed by atoms with Gasteiger partial charge in [-0.15, -0.1) is 0 Å². The van der Waals surface area contributed by atoms with Crippen molar-refractivity contribution in [2.24, 2.45) is 0 Å².